The van der Waals surface area contributed by atoms with Gasteiger partial charge in [0.2, 0.25) is 0 Å². The highest BCUT2D eigenvalue weighted by atomic mass is 16.3. The van der Waals surface area contributed by atoms with Crippen molar-refractivity contribution in [3.05, 3.63) is 95.9 Å². The van der Waals surface area contributed by atoms with E-state index >= 15 is 0 Å². The average molecular weight is 418 g/mol. The number of nitrogens with zero attached hydrogens (tertiary/aromatic N) is 1. The second-order valence-corrected chi connectivity index (χ2v) is 7.21. The molecule has 3 N–H and O–H groups in total. The first kappa shape index (κ1) is 20.4. The van der Waals surface area contributed by atoms with E-state index in [1.165, 1.54) is 0 Å². The predicted molar refractivity (Wildman–Crippen MR) is 112 cm³/mol. The smallest absolute Gasteiger partial charge is 0.344 e. The molecule has 4 rings (SSSR count). The first-order valence-corrected chi connectivity index (χ1v) is 9.86. The number of carbonyl (C=O) groups excluding carboxylic acids is 3. The van der Waals surface area contributed by atoms with Crippen LogP contribution in [0.15, 0.2) is 83.5 Å². The molecule has 1 saturated heterocycles. The van der Waals surface area contributed by atoms with Crippen molar-refractivity contribution in [1.29, 1.82) is 0 Å². The Morgan fingerprint density at radius 3 is 2.16 bits per heavy atom. The average Bonchev–Trinajstić information content (AvgIpc) is 3.42. The number of nitrogens with one attached hydrogen (secondary N) is 3. The van der Waals surface area contributed by atoms with E-state index in [-0.39, 0.29) is 12.6 Å². The van der Waals surface area contributed by atoms with Crippen LogP contribution in [-0.2, 0) is 15.1 Å². The summed E-state index contributed by atoms with van der Waals surface area (Å²) in [5, 5.41) is 6.51. The van der Waals surface area contributed by atoms with Crippen molar-refractivity contribution >= 4 is 17.8 Å². The molecule has 1 atom stereocenters. The molecule has 0 spiro atoms. The first-order valence-electron chi connectivity index (χ1n) is 9.86. The van der Waals surface area contributed by atoms with Crippen LogP contribution in [0.2, 0.25) is 0 Å². The first-order chi connectivity index (χ1) is 15.0. The summed E-state index contributed by atoms with van der Waals surface area (Å²) in [6.45, 7) is 1.73. The van der Waals surface area contributed by atoms with E-state index in [2.05, 4.69) is 16.1 Å². The van der Waals surface area contributed by atoms with Crippen LogP contribution in [0, 0.1) is 0 Å². The molecule has 3 aromatic rings. The van der Waals surface area contributed by atoms with Crippen molar-refractivity contribution in [3.8, 4) is 0 Å². The van der Waals surface area contributed by atoms with E-state index in [1.807, 2.05) is 19.1 Å². The van der Waals surface area contributed by atoms with E-state index in [1.54, 1.807) is 66.9 Å². The number of hydrazine groups is 1. The molecular formula is C23H22N4O4. The van der Waals surface area contributed by atoms with Crippen LogP contribution in [0.5, 0.6) is 0 Å². The minimum atomic E-state index is -1.43. The molecule has 1 fully saturated rings. The molecule has 8 heteroatoms. The minimum Gasteiger partial charge on any atom is -0.468 e. The van der Waals surface area contributed by atoms with E-state index in [9.17, 15) is 14.4 Å². The number of rotatable bonds is 7. The number of imide groups is 1. The molecule has 2 aromatic carbocycles. The maximum atomic E-state index is 13.5. The Hall–Kier alpha value is -3.91. The van der Waals surface area contributed by atoms with Gasteiger partial charge in [-0.15, -0.1) is 0 Å². The summed E-state index contributed by atoms with van der Waals surface area (Å²) in [6, 6.07) is 20.5. The molecule has 1 aromatic heterocycles. The molecule has 0 unspecified atom stereocenters. The topological polar surface area (TPSA) is 104 Å². The van der Waals surface area contributed by atoms with Crippen molar-refractivity contribution < 1.29 is 18.8 Å². The number of furan rings is 1. The van der Waals surface area contributed by atoms with Crippen LogP contribution in [0.1, 0.15) is 29.9 Å². The number of urea groups is 1. The van der Waals surface area contributed by atoms with Gasteiger partial charge in [0.1, 0.15) is 5.76 Å². The molecule has 158 valence electrons. The van der Waals surface area contributed by atoms with Gasteiger partial charge in [-0.3, -0.25) is 20.3 Å². The Balaban J connectivity index is 1.54. The largest absolute Gasteiger partial charge is 0.468 e. The Morgan fingerprint density at radius 2 is 1.61 bits per heavy atom. The zero-order valence-corrected chi connectivity index (χ0v) is 16.9. The summed E-state index contributed by atoms with van der Waals surface area (Å²) in [5.74, 6) is -0.434. The van der Waals surface area contributed by atoms with Crippen molar-refractivity contribution in [2.24, 2.45) is 0 Å². The van der Waals surface area contributed by atoms with E-state index in [4.69, 9.17) is 4.42 Å². The summed E-state index contributed by atoms with van der Waals surface area (Å²) in [6.07, 6.45) is 1.55. The molecule has 8 nitrogen and oxygen atoms in total. The number of benzene rings is 2. The minimum absolute atomic E-state index is 0.109. The fourth-order valence-electron chi connectivity index (χ4n) is 3.61. The normalized spacial score (nSPS) is 16.1. The zero-order chi connectivity index (χ0) is 21.8. The van der Waals surface area contributed by atoms with Crippen molar-refractivity contribution in [1.82, 2.24) is 21.1 Å². The number of carbonyl (C=O) groups is 3. The van der Waals surface area contributed by atoms with E-state index in [0.717, 1.165) is 5.01 Å². The van der Waals surface area contributed by atoms with Gasteiger partial charge in [-0.25, -0.2) is 4.79 Å². The van der Waals surface area contributed by atoms with Gasteiger partial charge in [0, 0.05) is 0 Å². The molecule has 0 saturated carbocycles. The third-order valence-electron chi connectivity index (χ3n) is 5.21. The highest BCUT2D eigenvalue weighted by Gasteiger charge is 2.54. The van der Waals surface area contributed by atoms with Crippen LogP contribution in [0.25, 0.3) is 0 Å². The quantitative estimate of drug-likeness (QED) is 0.512. The van der Waals surface area contributed by atoms with Gasteiger partial charge < -0.3 is 9.73 Å². The number of hydrogen-bond donors (Lipinski definition) is 3. The predicted octanol–water partition coefficient (Wildman–Crippen LogP) is 2.46. The lowest BCUT2D eigenvalue weighted by Gasteiger charge is -2.27. The lowest BCUT2D eigenvalue weighted by molar-refractivity contribution is -0.138. The van der Waals surface area contributed by atoms with Crippen LogP contribution < -0.4 is 16.1 Å². The maximum Gasteiger partial charge on any atom is 0.344 e. The van der Waals surface area contributed by atoms with Gasteiger partial charge in [-0.1, -0.05) is 60.7 Å². The summed E-state index contributed by atoms with van der Waals surface area (Å²) < 4.78 is 5.30. The summed E-state index contributed by atoms with van der Waals surface area (Å²) in [7, 11) is 0. The molecule has 2 heterocycles. The monoisotopic (exact) mass is 418 g/mol. The molecule has 1 aliphatic heterocycles. The van der Waals surface area contributed by atoms with Crippen LogP contribution in [0.4, 0.5) is 4.79 Å². The summed E-state index contributed by atoms with van der Waals surface area (Å²) >= 11 is 0. The van der Waals surface area contributed by atoms with Crippen molar-refractivity contribution in [3.63, 3.8) is 0 Å². The van der Waals surface area contributed by atoms with Crippen LogP contribution in [-0.4, -0.2) is 29.4 Å². The number of amides is 4. The fourth-order valence-corrected chi connectivity index (χ4v) is 3.61. The van der Waals surface area contributed by atoms with Gasteiger partial charge in [0.25, 0.3) is 11.8 Å². The molecule has 31 heavy (non-hydrogen) atoms. The summed E-state index contributed by atoms with van der Waals surface area (Å²) in [5.41, 5.74) is 2.18. The van der Waals surface area contributed by atoms with Crippen molar-refractivity contribution in [2.45, 2.75) is 18.5 Å². The molecule has 0 bridgehead atoms. The second kappa shape index (κ2) is 8.45. The summed E-state index contributed by atoms with van der Waals surface area (Å²) in [4.78, 5) is 38.7. The standard InChI is InChI=1S/C23H22N4O4/c1-16(19-13-8-14-31-19)24-15-20(28)26-27-21(29)23(25-22(27)30,17-9-4-2-5-10-17)18-11-6-3-7-12-18/h2-14,16,24H,15H2,1H3,(H,25,30)(H,26,28)/t16-/m1/s1. The van der Waals surface area contributed by atoms with Crippen molar-refractivity contribution in [2.75, 3.05) is 6.54 Å². The zero-order valence-electron chi connectivity index (χ0n) is 16.9. The van der Waals surface area contributed by atoms with Gasteiger partial charge in [0.05, 0.1) is 18.8 Å². The Labute approximate surface area is 179 Å². The third-order valence-corrected chi connectivity index (χ3v) is 5.21. The lowest BCUT2D eigenvalue weighted by Crippen LogP contribution is -2.51. The molecule has 0 radical (unpaired) electrons. The van der Waals surface area contributed by atoms with Gasteiger partial charge in [-0.05, 0) is 30.2 Å². The second-order valence-electron chi connectivity index (χ2n) is 7.21. The van der Waals surface area contributed by atoms with Gasteiger partial charge in [-0.2, -0.15) is 5.01 Å². The lowest BCUT2D eigenvalue weighted by atomic mass is 9.83. The highest BCUT2D eigenvalue weighted by molar-refractivity contribution is 6.10. The van der Waals surface area contributed by atoms with E-state index in [0.29, 0.717) is 16.9 Å². The highest BCUT2D eigenvalue weighted by Crippen LogP contribution is 2.35. The fraction of sp³-hybridized carbons (Fsp3) is 0.174. The SMILES string of the molecule is C[C@@H](NCC(=O)NN1C(=O)NC(c2ccccc2)(c2ccccc2)C1=O)c1ccco1. The number of hydrogen-bond acceptors (Lipinski definition) is 5. The van der Waals surface area contributed by atoms with E-state index < -0.39 is 23.4 Å². The van der Waals surface area contributed by atoms with Crippen LogP contribution >= 0.6 is 0 Å². The van der Waals surface area contributed by atoms with Crippen LogP contribution in [0.3, 0.4) is 0 Å². The molecule has 0 aliphatic carbocycles. The third kappa shape index (κ3) is 3.80. The maximum absolute atomic E-state index is 13.5. The van der Waals surface area contributed by atoms with Gasteiger partial charge in [0.15, 0.2) is 5.54 Å². The molecule has 4 amide bonds. The Kier molecular flexibility index (Phi) is 5.55. The Morgan fingerprint density at radius 1 is 1.00 bits per heavy atom. The van der Waals surface area contributed by atoms with Gasteiger partial charge >= 0.3 is 6.03 Å². The molecular weight excluding hydrogens is 396 g/mol. The molecule has 1 aliphatic rings. The Bertz CT molecular complexity index is 1030.